The number of aliphatic hydroxyl groups excluding tert-OH is 1. The SMILES string of the molecule is CN1CCC(F)(F)/C(=C/O)C1. The first-order chi connectivity index (χ1) is 5.06. The molecule has 1 heterocycles. The van der Waals surface area contributed by atoms with E-state index in [0.29, 0.717) is 12.8 Å². The molecule has 64 valence electrons. The first kappa shape index (κ1) is 8.46. The molecule has 0 atom stereocenters. The lowest BCUT2D eigenvalue weighted by Gasteiger charge is -2.30. The molecule has 0 aromatic rings. The molecule has 11 heavy (non-hydrogen) atoms. The van der Waals surface area contributed by atoms with Gasteiger partial charge in [0.2, 0.25) is 0 Å². The van der Waals surface area contributed by atoms with Gasteiger partial charge in [-0.3, -0.25) is 0 Å². The van der Waals surface area contributed by atoms with Crippen LogP contribution in [0.15, 0.2) is 11.8 Å². The van der Waals surface area contributed by atoms with Gasteiger partial charge >= 0.3 is 0 Å². The Morgan fingerprint density at radius 1 is 1.64 bits per heavy atom. The van der Waals surface area contributed by atoms with E-state index < -0.39 is 5.92 Å². The molecule has 0 amide bonds. The second-order valence-electron chi connectivity index (χ2n) is 2.85. The topological polar surface area (TPSA) is 23.5 Å². The van der Waals surface area contributed by atoms with E-state index in [2.05, 4.69) is 0 Å². The van der Waals surface area contributed by atoms with Crippen LogP contribution >= 0.6 is 0 Å². The van der Waals surface area contributed by atoms with Crippen molar-refractivity contribution >= 4 is 0 Å². The summed E-state index contributed by atoms with van der Waals surface area (Å²) >= 11 is 0. The molecule has 1 N–H and O–H groups in total. The molecule has 0 unspecified atom stereocenters. The maximum atomic E-state index is 12.8. The predicted molar refractivity (Wildman–Crippen MR) is 37.8 cm³/mol. The summed E-state index contributed by atoms with van der Waals surface area (Å²) in [5.41, 5.74) is -0.189. The lowest BCUT2D eigenvalue weighted by atomic mass is 10.0. The van der Waals surface area contributed by atoms with E-state index in [1.165, 1.54) is 0 Å². The number of alkyl halides is 2. The van der Waals surface area contributed by atoms with Crippen LogP contribution < -0.4 is 0 Å². The van der Waals surface area contributed by atoms with Crippen molar-refractivity contribution in [1.82, 2.24) is 4.90 Å². The number of piperidine rings is 1. The van der Waals surface area contributed by atoms with E-state index in [9.17, 15) is 8.78 Å². The molecule has 1 saturated heterocycles. The first-order valence-corrected chi connectivity index (χ1v) is 3.46. The second kappa shape index (κ2) is 2.77. The fraction of sp³-hybridized carbons (Fsp3) is 0.714. The minimum Gasteiger partial charge on any atom is -0.515 e. The summed E-state index contributed by atoms with van der Waals surface area (Å²) in [5.74, 6) is -2.80. The van der Waals surface area contributed by atoms with Crippen molar-refractivity contribution in [3.63, 3.8) is 0 Å². The smallest absolute Gasteiger partial charge is 0.275 e. The molecule has 4 heteroatoms. The molecular formula is C7H11F2NO. The Bertz CT molecular complexity index is 179. The summed E-state index contributed by atoms with van der Waals surface area (Å²) in [4.78, 5) is 1.75. The van der Waals surface area contributed by atoms with Crippen LogP contribution in [0.25, 0.3) is 0 Å². The summed E-state index contributed by atoms with van der Waals surface area (Å²) < 4.78 is 25.6. The number of hydrogen-bond acceptors (Lipinski definition) is 2. The average Bonchev–Trinajstić information content (AvgIpc) is 1.94. The molecule has 1 aliphatic rings. The second-order valence-corrected chi connectivity index (χ2v) is 2.85. The highest BCUT2D eigenvalue weighted by atomic mass is 19.3. The Morgan fingerprint density at radius 2 is 2.27 bits per heavy atom. The monoisotopic (exact) mass is 163 g/mol. The third kappa shape index (κ3) is 1.68. The van der Waals surface area contributed by atoms with Crippen LogP contribution in [-0.4, -0.2) is 36.1 Å². The number of hydrogen-bond donors (Lipinski definition) is 1. The maximum absolute atomic E-state index is 12.8. The number of likely N-dealkylation sites (tertiary alicyclic amines) is 1. The quantitative estimate of drug-likeness (QED) is 0.545. The van der Waals surface area contributed by atoms with Crippen LogP contribution in [-0.2, 0) is 0 Å². The summed E-state index contributed by atoms with van der Waals surface area (Å²) in [6.45, 7) is 0.536. The zero-order chi connectivity index (χ0) is 8.48. The van der Waals surface area contributed by atoms with E-state index in [1.807, 2.05) is 0 Å². The van der Waals surface area contributed by atoms with E-state index in [4.69, 9.17) is 5.11 Å². The normalized spacial score (nSPS) is 29.2. The Balaban J connectivity index is 2.72. The van der Waals surface area contributed by atoms with E-state index in [-0.39, 0.29) is 18.5 Å². The fourth-order valence-corrected chi connectivity index (χ4v) is 1.11. The van der Waals surface area contributed by atoms with Gasteiger partial charge < -0.3 is 10.0 Å². The van der Waals surface area contributed by atoms with Crippen LogP contribution in [0.2, 0.25) is 0 Å². The number of rotatable bonds is 0. The van der Waals surface area contributed by atoms with Gasteiger partial charge in [-0.2, -0.15) is 0 Å². The molecule has 0 bridgehead atoms. The van der Waals surface area contributed by atoms with E-state index in [1.54, 1.807) is 11.9 Å². The van der Waals surface area contributed by atoms with Crippen molar-refractivity contribution in [3.05, 3.63) is 11.8 Å². The zero-order valence-corrected chi connectivity index (χ0v) is 6.35. The molecule has 0 aliphatic carbocycles. The minimum atomic E-state index is -2.80. The van der Waals surface area contributed by atoms with Crippen molar-refractivity contribution in [3.8, 4) is 0 Å². The van der Waals surface area contributed by atoms with Crippen LogP contribution in [0.4, 0.5) is 8.78 Å². The first-order valence-electron chi connectivity index (χ1n) is 3.46. The Morgan fingerprint density at radius 3 is 2.73 bits per heavy atom. The van der Waals surface area contributed by atoms with Crippen LogP contribution in [0.3, 0.4) is 0 Å². The summed E-state index contributed by atoms with van der Waals surface area (Å²) in [6.07, 6.45) is 0.325. The molecular weight excluding hydrogens is 152 g/mol. The van der Waals surface area contributed by atoms with E-state index >= 15 is 0 Å². The molecule has 0 radical (unpaired) electrons. The molecule has 1 rings (SSSR count). The molecule has 1 aliphatic heterocycles. The van der Waals surface area contributed by atoms with Crippen molar-refractivity contribution in [2.75, 3.05) is 20.1 Å². The molecule has 1 fully saturated rings. The van der Waals surface area contributed by atoms with Gasteiger partial charge in [0.25, 0.3) is 5.92 Å². The van der Waals surface area contributed by atoms with Gasteiger partial charge in [-0.15, -0.1) is 0 Å². The molecule has 0 aromatic heterocycles. The number of likely N-dealkylation sites (N-methyl/N-ethyl adjacent to an activating group) is 1. The van der Waals surface area contributed by atoms with E-state index in [0.717, 1.165) is 0 Å². The van der Waals surface area contributed by atoms with Crippen LogP contribution in [0, 0.1) is 0 Å². The lowest BCUT2D eigenvalue weighted by molar-refractivity contribution is -0.00315. The Labute approximate surface area is 64.1 Å². The van der Waals surface area contributed by atoms with Gasteiger partial charge in [0.05, 0.1) is 6.26 Å². The van der Waals surface area contributed by atoms with Gasteiger partial charge in [0.15, 0.2) is 0 Å². The fourth-order valence-electron chi connectivity index (χ4n) is 1.11. The van der Waals surface area contributed by atoms with Crippen molar-refractivity contribution < 1.29 is 13.9 Å². The Kier molecular flexibility index (Phi) is 2.13. The van der Waals surface area contributed by atoms with Crippen LogP contribution in [0.1, 0.15) is 6.42 Å². The third-order valence-electron chi connectivity index (χ3n) is 1.87. The van der Waals surface area contributed by atoms with Crippen LogP contribution in [0.5, 0.6) is 0 Å². The predicted octanol–water partition coefficient (Wildman–Crippen LogP) is 1.40. The lowest BCUT2D eigenvalue weighted by Crippen LogP contribution is -2.39. The highest BCUT2D eigenvalue weighted by Crippen LogP contribution is 2.31. The Hall–Kier alpha value is -0.640. The van der Waals surface area contributed by atoms with Gasteiger partial charge in [-0.1, -0.05) is 0 Å². The molecule has 2 nitrogen and oxygen atoms in total. The summed E-state index contributed by atoms with van der Waals surface area (Å²) in [6, 6.07) is 0. The summed E-state index contributed by atoms with van der Waals surface area (Å²) in [7, 11) is 1.75. The summed E-state index contributed by atoms with van der Waals surface area (Å²) in [5, 5.41) is 8.48. The van der Waals surface area contributed by atoms with Crippen molar-refractivity contribution in [1.29, 1.82) is 0 Å². The highest BCUT2D eigenvalue weighted by molar-refractivity contribution is 5.14. The van der Waals surface area contributed by atoms with Gasteiger partial charge in [-0.25, -0.2) is 8.78 Å². The standard InChI is InChI=1S/C7H11F2NO/c1-10-3-2-7(8,9)6(4-10)5-11/h5,11H,2-4H2,1H3/b6-5+. The van der Waals surface area contributed by atoms with Crippen molar-refractivity contribution in [2.24, 2.45) is 0 Å². The molecule has 0 saturated carbocycles. The van der Waals surface area contributed by atoms with Gasteiger partial charge in [-0.05, 0) is 7.05 Å². The molecule has 0 spiro atoms. The average molecular weight is 163 g/mol. The number of aliphatic hydroxyl groups is 1. The molecule has 0 aromatic carbocycles. The van der Waals surface area contributed by atoms with Gasteiger partial charge in [0.1, 0.15) is 0 Å². The minimum absolute atomic E-state index is 0.156. The maximum Gasteiger partial charge on any atom is 0.275 e. The zero-order valence-electron chi connectivity index (χ0n) is 6.35. The number of nitrogens with zero attached hydrogens (tertiary/aromatic N) is 1. The number of halogens is 2. The van der Waals surface area contributed by atoms with Crippen molar-refractivity contribution in [2.45, 2.75) is 12.3 Å². The largest absolute Gasteiger partial charge is 0.515 e. The van der Waals surface area contributed by atoms with Gasteiger partial charge in [0, 0.05) is 25.1 Å². The highest BCUT2D eigenvalue weighted by Gasteiger charge is 2.38. The third-order valence-corrected chi connectivity index (χ3v) is 1.87.